The molecule has 4 heteroatoms. The van der Waals surface area contributed by atoms with Crippen LogP contribution in [-0.4, -0.2) is 19.9 Å². The molecule has 106 valence electrons. The van der Waals surface area contributed by atoms with Crippen molar-refractivity contribution in [2.75, 3.05) is 19.9 Å². The first-order valence-corrected chi connectivity index (χ1v) is 7.70. The second-order valence-electron chi connectivity index (χ2n) is 5.07. The van der Waals surface area contributed by atoms with Crippen LogP contribution >= 0.6 is 15.9 Å². The molecule has 0 saturated heterocycles. The fourth-order valence-corrected chi connectivity index (χ4v) is 2.62. The van der Waals surface area contributed by atoms with Gasteiger partial charge in [0.2, 0.25) is 0 Å². The van der Waals surface area contributed by atoms with Gasteiger partial charge in [-0.15, -0.1) is 0 Å². The summed E-state index contributed by atoms with van der Waals surface area (Å²) in [7, 11) is 0. The summed E-state index contributed by atoms with van der Waals surface area (Å²) in [5.74, 6) is 1.72. The summed E-state index contributed by atoms with van der Waals surface area (Å²) in [4.78, 5) is 0. The zero-order valence-corrected chi connectivity index (χ0v) is 13.3. The van der Waals surface area contributed by atoms with Crippen LogP contribution < -0.4 is 10.1 Å². The number of nitrogens with one attached hydrogen (secondary N) is 1. The van der Waals surface area contributed by atoms with Gasteiger partial charge in [-0.1, -0.05) is 22.9 Å². The van der Waals surface area contributed by atoms with E-state index in [9.17, 15) is 0 Å². The van der Waals surface area contributed by atoms with Crippen LogP contribution in [-0.2, 0) is 11.3 Å². The van der Waals surface area contributed by atoms with Crippen LogP contribution in [0.2, 0.25) is 0 Å². The van der Waals surface area contributed by atoms with Crippen LogP contribution in [0.5, 0.6) is 5.75 Å². The fourth-order valence-electron chi connectivity index (χ4n) is 2.00. The average Bonchev–Trinajstić information content (AvgIpc) is 3.18. The zero-order chi connectivity index (χ0) is 13.7. The maximum Gasteiger partial charge on any atom is 0.189 e. The quantitative estimate of drug-likeness (QED) is 0.584. The maximum atomic E-state index is 5.82. The van der Waals surface area contributed by atoms with Crippen molar-refractivity contribution in [3.63, 3.8) is 0 Å². The minimum absolute atomic E-state index is 0.345. The summed E-state index contributed by atoms with van der Waals surface area (Å²) in [5, 5.41) is 3.34. The number of ether oxygens (including phenoxy) is 2. The molecule has 1 aliphatic carbocycles. The van der Waals surface area contributed by atoms with Crippen LogP contribution in [0.1, 0.15) is 30.9 Å². The van der Waals surface area contributed by atoms with Crippen LogP contribution in [0.3, 0.4) is 0 Å². The van der Waals surface area contributed by atoms with E-state index in [0.717, 1.165) is 41.4 Å². The van der Waals surface area contributed by atoms with E-state index < -0.39 is 0 Å². The van der Waals surface area contributed by atoms with Crippen molar-refractivity contribution in [3.8, 4) is 5.75 Å². The second kappa shape index (κ2) is 7.27. The highest BCUT2D eigenvalue weighted by atomic mass is 79.9. The maximum absolute atomic E-state index is 5.82. The summed E-state index contributed by atoms with van der Waals surface area (Å²) in [6.07, 6.45) is 2.62. The van der Waals surface area contributed by atoms with E-state index in [1.54, 1.807) is 0 Å². The van der Waals surface area contributed by atoms with Crippen molar-refractivity contribution >= 4 is 15.9 Å². The van der Waals surface area contributed by atoms with Crippen LogP contribution in [0, 0.1) is 12.8 Å². The lowest BCUT2D eigenvalue weighted by atomic mass is 10.1. The van der Waals surface area contributed by atoms with Crippen molar-refractivity contribution in [2.45, 2.75) is 33.2 Å². The van der Waals surface area contributed by atoms with Crippen LogP contribution in [0.15, 0.2) is 16.6 Å². The zero-order valence-electron chi connectivity index (χ0n) is 11.7. The molecule has 0 bridgehead atoms. The summed E-state index contributed by atoms with van der Waals surface area (Å²) in [5.41, 5.74) is 2.31. The Morgan fingerprint density at radius 3 is 2.84 bits per heavy atom. The molecule has 0 heterocycles. The number of benzene rings is 1. The molecule has 0 amide bonds. The van der Waals surface area contributed by atoms with Crippen LogP contribution in [0.4, 0.5) is 0 Å². The first-order valence-electron chi connectivity index (χ1n) is 6.91. The third-order valence-electron chi connectivity index (χ3n) is 3.22. The lowest BCUT2D eigenvalue weighted by Crippen LogP contribution is -2.14. The summed E-state index contributed by atoms with van der Waals surface area (Å²) >= 11 is 3.53. The molecule has 0 aromatic heterocycles. The van der Waals surface area contributed by atoms with E-state index >= 15 is 0 Å². The van der Waals surface area contributed by atoms with Crippen molar-refractivity contribution in [2.24, 2.45) is 5.92 Å². The molecule has 1 saturated carbocycles. The van der Waals surface area contributed by atoms with Gasteiger partial charge in [0.15, 0.2) is 6.79 Å². The largest absolute Gasteiger partial charge is 0.467 e. The lowest BCUT2D eigenvalue weighted by molar-refractivity contribution is 0.00903. The Kier molecular flexibility index (Phi) is 5.67. The SMILES string of the molecule is CCNCc1cc(Br)cc(C)c1OCOCC1CC1. The highest BCUT2D eigenvalue weighted by molar-refractivity contribution is 9.10. The topological polar surface area (TPSA) is 30.5 Å². The van der Waals surface area contributed by atoms with Crippen molar-refractivity contribution in [1.29, 1.82) is 0 Å². The summed E-state index contributed by atoms with van der Waals surface area (Å²) in [6, 6.07) is 4.18. The predicted octanol–water partition coefficient (Wildman–Crippen LogP) is 3.63. The van der Waals surface area contributed by atoms with E-state index in [2.05, 4.69) is 47.2 Å². The molecule has 2 rings (SSSR count). The molecule has 1 aromatic carbocycles. The smallest absolute Gasteiger partial charge is 0.189 e. The number of halogens is 1. The number of aryl methyl sites for hydroxylation is 1. The molecule has 0 spiro atoms. The molecule has 0 radical (unpaired) electrons. The molecule has 3 nitrogen and oxygen atoms in total. The highest BCUT2D eigenvalue weighted by Crippen LogP contribution is 2.30. The van der Waals surface area contributed by atoms with E-state index in [-0.39, 0.29) is 0 Å². The van der Waals surface area contributed by atoms with Gasteiger partial charge >= 0.3 is 0 Å². The van der Waals surface area contributed by atoms with E-state index in [0.29, 0.717) is 6.79 Å². The Hall–Kier alpha value is -0.580. The van der Waals surface area contributed by atoms with Gasteiger partial charge < -0.3 is 14.8 Å². The number of hydrogen-bond donors (Lipinski definition) is 1. The van der Waals surface area contributed by atoms with Gasteiger partial charge in [0.05, 0.1) is 6.61 Å². The molecule has 1 aliphatic rings. The standard InChI is InChI=1S/C15H22BrNO2/c1-3-17-8-13-7-14(16)6-11(2)15(13)19-10-18-9-12-4-5-12/h6-7,12,17H,3-5,8-10H2,1-2H3. The second-order valence-corrected chi connectivity index (χ2v) is 5.98. The Morgan fingerprint density at radius 1 is 1.37 bits per heavy atom. The van der Waals surface area contributed by atoms with Gasteiger partial charge in [0.25, 0.3) is 0 Å². The Morgan fingerprint density at radius 2 is 2.16 bits per heavy atom. The number of hydrogen-bond acceptors (Lipinski definition) is 3. The van der Waals surface area contributed by atoms with Crippen LogP contribution in [0.25, 0.3) is 0 Å². The Bertz CT molecular complexity index is 419. The Labute approximate surface area is 123 Å². The minimum Gasteiger partial charge on any atom is -0.467 e. The first kappa shape index (κ1) is 14.8. The highest BCUT2D eigenvalue weighted by Gasteiger charge is 2.21. The third kappa shape index (κ3) is 4.79. The molecule has 0 atom stereocenters. The normalized spacial score (nSPS) is 14.7. The van der Waals surface area contributed by atoms with Gasteiger partial charge in [-0.05, 0) is 49.9 Å². The monoisotopic (exact) mass is 327 g/mol. The fraction of sp³-hybridized carbons (Fsp3) is 0.600. The van der Waals surface area contributed by atoms with Gasteiger partial charge in [-0.25, -0.2) is 0 Å². The summed E-state index contributed by atoms with van der Waals surface area (Å²) < 4.78 is 12.5. The van der Waals surface area contributed by atoms with Crippen molar-refractivity contribution < 1.29 is 9.47 Å². The van der Waals surface area contributed by atoms with Gasteiger partial charge in [-0.3, -0.25) is 0 Å². The molecule has 19 heavy (non-hydrogen) atoms. The van der Waals surface area contributed by atoms with Gasteiger partial charge in [0.1, 0.15) is 5.75 Å². The Balaban J connectivity index is 1.94. The third-order valence-corrected chi connectivity index (χ3v) is 3.68. The molecule has 1 N–H and O–H groups in total. The van der Waals surface area contributed by atoms with Gasteiger partial charge in [-0.2, -0.15) is 0 Å². The van der Waals surface area contributed by atoms with E-state index in [1.165, 1.54) is 18.4 Å². The molecule has 0 aliphatic heterocycles. The molecule has 0 unspecified atom stereocenters. The predicted molar refractivity (Wildman–Crippen MR) is 80.4 cm³/mol. The van der Waals surface area contributed by atoms with Gasteiger partial charge in [0, 0.05) is 16.6 Å². The lowest BCUT2D eigenvalue weighted by Gasteiger charge is -2.15. The summed E-state index contributed by atoms with van der Waals surface area (Å²) in [6.45, 7) is 7.11. The first-order chi connectivity index (χ1) is 9.20. The van der Waals surface area contributed by atoms with E-state index in [1.807, 2.05) is 0 Å². The van der Waals surface area contributed by atoms with Crippen molar-refractivity contribution in [1.82, 2.24) is 5.32 Å². The molecular formula is C15H22BrNO2. The average molecular weight is 328 g/mol. The van der Waals surface area contributed by atoms with E-state index in [4.69, 9.17) is 9.47 Å². The molecule has 1 aromatic rings. The van der Waals surface area contributed by atoms with Crippen molar-refractivity contribution in [3.05, 3.63) is 27.7 Å². The number of rotatable bonds is 8. The molecular weight excluding hydrogens is 306 g/mol. The minimum atomic E-state index is 0.345. The molecule has 1 fully saturated rings.